The molecule has 0 radical (unpaired) electrons. The van der Waals surface area contributed by atoms with E-state index >= 15 is 0 Å². The molecule has 2 fully saturated rings. The van der Waals surface area contributed by atoms with E-state index in [1.54, 1.807) is 0 Å². The number of hydrogen-bond donors (Lipinski definition) is 2. The van der Waals surface area contributed by atoms with Crippen LogP contribution >= 0.6 is 0 Å². The maximum Gasteiger partial charge on any atom is 0.100 e. The second-order valence-corrected chi connectivity index (χ2v) is 4.10. The maximum atomic E-state index is 4.74. The van der Waals surface area contributed by atoms with Crippen molar-refractivity contribution in [3.8, 4) is 0 Å². The minimum Gasteiger partial charge on any atom is -0.367 e. The summed E-state index contributed by atoms with van der Waals surface area (Å²) in [4.78, 5) is 4.74. The smallest absolute Gasteiger partial charge is 0.100 e. The summed E-state index contributed by atoms with van der Waals surface area (Å²) in [6, 6.07) is 1.19. The lowest BCUT2D eigenvalue weighted by atomic mass is 10.0. The Balaban J connectivity index is 1.74. The van der Waals surface area contributed by atoms with Crippen molar-refractivity contribution >= 4 is 5.84 Å². The van der Waals surface area contributed by atoms with Crippen LogP contribution < -0.4 is 10.6 Å². The van der Waals surface area contributed by atoms with E-state index in [0.29, 0.717) is 12.1 Å². The van der Waals surface area contributed by atoms with E-state index in [-0.39, 0.29) is 0 Å². The summed E-state index contributed by atoms with van der Waals surface area (Å²) in [5, 5.41) is 6.94. The number of aliphatic imine (C=N–C) groups is 1. The zero-order chi connectivity index (χ0) is 7.97. The highest BCUT2D eigenvalue weighted by molar-refractivity contribution is 5.88. The van der Waals surface area contributed by atoms with E-state index in [4.69, 9.17) is 4.99 Å². The summed E-state index contributed by atoms with van der Waals surface area (Å²) in [5.41, 5.74) is 0. The van der Waals surface area contributed by atoms with Crippen LogP contribution in [0.1, 0.15) is 19.3 Å². The monoisotopic (exact) mass is 165 g/mol. The van der Waals surface area contributed by atoms with Gasteiger partial charge in [0.05, 0.1) is 12.1 Å². The van der Waals surface area contributed by atoms with Gasteiger partial charge in [0.15, 0.2) is 0 Å². The van der Waals surface area contributed by atoms with Crippen LogP contribution in [0.15, 0.2) is 4.99 Å². The molecule has 0 amide bonds. The van der Waals surface area contributed by atoms with Crippen LogP contribution in [0.4, 0.5) is 0 Å². The van der Waals surface area contributed by atoms with E-state index in [1.807, 2.05) is 0 Å². The number of piperidine rings is 1. The van der Waals surface area contributed by atoms with Gasteiger partial charge in [0.2, 0.25) is 0 Å². The number of nitrogens with zero attached hydrogens (tertiary/aromatic N) is 1. The van der Waals surface area contributed by atoms with Crippen molar-refractivity contribution in [2.24, 2.45) is 10.9 Å². The van der Waals surface area contributed by atoms with Crippen molar-refractivity contribution in [3.63, 3.8) is 0 Å². The molecule has 0 aromatic heterocycles. The SMILES string of the molecule is C1CC2N=C(C3CC3)NC2CN1. The van der Waals surface area contributed by atoms with E-state index in [9.17, 15) is 0 Å². The Hall–Kier alpha value is -0.570. The molecule has 3 aliphatic rings. The molecule has 3 heteroatoms. The topological polar surface area (TPSA) is 36.4 Å². The number of nitrogens with one attached hydrogen (secondary N) is 2. The van der Waals surface area contributed by atoms with Crippen molar-refractivity contribution in [3.05, 3.63) is 0 Å². The molecule has 0 aromatic carbocycles. The molecule has 2 N–H and O–H groups in total. The fourth-order valence-corrected chi connectivity index (χ4v) is 2.13. The summed E-state index contributed by atoms with van der Waals surface area (Å²) in [6.07, 6.45) is 3.94. The van der Waals surface area contributed by atoms with Gasteiger partial charge in [-0.1, -0.05) is 0 Å². The van der Waals surface area contributed by atoms with Crippen LogP contribution in [-0.2, 0) is 0 Å². The zero-order valence-corrected chi connectivity index (χ0v) is 7.21. The lowest BCUT2D eigenvalue weighted by Gasteiger charge is -2.24. The molecule has 12 heavy (non-hydrogen) atoms. The van der Waals surface area contributed by atoms with E-state index < -0.39 is 0 Å². The second kappa shape index (κ2) is 2.46. The maximum absolute atomic E-state index is 4.74. The molecule has 0 bridgehead atoms. The van der Waals surface area contributed by atoms with Gasteiger partial charge in [-0.3, -0.25) is 4.99 Å². The molecule has 1 saturated heterocycles. The van der Waals surface area contributed by atoms with Crippen LogP contribution in [0.2, 0.25) is 0 Å². The van der Waals surface area contributed by atoms with E-state index in [0.717, 1.165) is 19.0 Å². The normalized spacial score (nSPS) is 40.2. The van der Waals surface area contributed by atoms with Crippen LogP contribution in [0.3, 0.4) is 0 Å². The fraction of sp³-hybridized carbons (Fsp3) is 0.889. The molecule has 0 spiro atoms. The molecule has 2 atom stereocenters. The number of amidine groups is 1. The summed E-state index contributed by atoms with van der Waals surface area (Å²) in [7, 11) is 0. The molecule has 3 nitrogen and oxygen atoms in total. The summed E-state index contributed by atoms with van der Waals surface area (Å²) in [6.45, 7) is 2.24. The largest absolute Gasteiger partial charge is 0.367 e. The first-order valence-electron chi connectivity index (χ1n) is 4.98. The first kappa shape index (κ1) is 6.89. The minimum atomic E-state index is 0.585. The van der Waals surface area contributed by atoms with Crippen molar-refractivity contribution in [1.29, 1.82) is 0 Å². The molecule has 2 unspecified atom stereocenters. The van der Waals surface area contributed by atoms with Crippen molar-refractivity contribution in [1.82, 2.24) is 10.6 Å². The van der Waals surface area contributed by atoms with E-state index in [2.05, 4.69) is 10.6 Å². The average Bonchev–Trinajstić information content (AvgIpc) is 2.85. The van der Waals surface area contributed by atoms with Crippen LogP contribution in [0.5, 0.6) is 0 Å². The Labute approximate surface area is 72.6 Å². The zero-order valence-electron chi connectivity index (χ0n) is 7.21. The number of fused-ring (bicyclic) bond motifs is 1. The third-order valence-corrected chi connectivity index (χ3v) is 3.05. The minimum absolute atomic E-state index is 0.585. The quantitative estimate of drug-likeness (QED) is 0.579. The Bertz CT molecular complexity index is 220. The van der Waals surface area contributed by atoms with Gasteiger partial charge in [-0.05, 0) is 25.8 Å². The fourth-order valence-electron chi connectivity index (χ4n) is 2.13. The third kappa shape index (κ3) is 1.04. The van der Waals surface area contributed by atoms with E-state index in [1.165, 1.54) is 25.1 Å². The Kier molecular flexibility index (Phi) is 1.41. The average molecular weight is 165 g/mol. The Morgan fingerprint density at radius 3 is 2.92 bits per heavy atom. The molecule has 1 saturated carbocycles. The molecule has 1 aliphatic carbocycles. The molecule has 2 aliphatic heterocycles. The molecule has 0 aromatic rings. The van der Waals surface area contributed by atoms with Gasteiger partial charge in [-0.25, -0.2) is 0 Å². The molecule has 2 heterocycles. The number of hydrogen-bond acceptors (Lipinski definition) is 3. The Morgan fingerprint density at radius 1 is 1.25 bits per heavy atom. The summed E-state index contributed by atoms with van der Waals surface area (Å²) in [5.74, 6) is 2.12. The molecular weight excluding hydrogens is 150 g/mol. The standard InChI is InChI=1S/C9H15N3/c1-2-6(1)9-11-7-3-4-10-5-8(7)12-9/h6-8,10H,1-5H2,(H,11,12). The first-order chi connectivity index (χ1) is 5.93. The van der Waals surface area contributed by atoms with Gasteiger partial charge in [-0.15, -0.1) is 0 Å². The highest BCUT2D eigenvalue weighted by atomic mass is 15.2. The van der Waals surface area contributed by atoms with Gasteiger partial charge >= 0.3 is 0 Å². The van der Waals surface area contributed by atoms with Crippen molar-refractivity contribution in [2.75, 3.05) is 13.1 Å². The van der Waals surface area contributed by atoms with Gasteiger partial charge < -0.3 is 10.6 Å². The molecule has 3 rings (SSSR count). The molecular formula is C9H15N3. The van der Waals surface area contributed by atoms with Gasteiger partial charge in [0, 0.05) is 12.5 Å². The predicted molar refractivity (Wildman–Crippen MR) is 48.4 cm³/mol. The van der Waals surface area contributed by atoms with Crippen LogP contribution in [0, 0.1) is 5.92 Å². The number of rotatable bonds is 1. The lowest BCUT2D eigenvalue weighted by Crippen LogP contribution is -2.48. The predicted octanol–water partition coefficient (Wildman–Crippen LogP) is 0.129. The second-order valence-electron chi connectivity index (χ2n) is 4.10. The van der Waals surface area contributed by atoms with Crippen LogP contribution in [0.25, 0.3) is 0 Å². The summed E-state index contributed by atoms with van der Waals surface area (Å²) < 4.78 is 0. The Morgan fingerprint density at radius 2 is 2.17 bits per heavy atom. The van der Waals surface area contributed by atoms with Gasteiger partial charge in [-0.2, -0.15) is 0 Å². The van der Waals surface area contributed by atoms with Gasteiger partial charge in [0.25, 0.3) is 0 Å². The lowest BCUT2D eigenvalue weighted by molar-refractivity contribution is 0.402. The highest BCUT2D eigenvalue weighted by Crippen LogP contribution is 2.32. The van der Waals surface area contributed by atoms with Crippen molar-refractivity contribution in [2.45, 2.75) is 31.3 Å². The van der Waals surface area contributed by atoms with Crippen molar-refractivity contribution < 1.29 is 0 Å². The van der Waals surface area contributed by atoms with Crippen LogP contribution in [-0.4, -0.2) is 31.0 Å². The first-order valence-corrected chi connectivity index (χ1v) is 4.98. The van der Waals surface area contributed by atoms with Gasteiger partial charge in [0.1, 0.15) is 5.84 Å². The summed E-state index contributed by atoms with van der Waals surface area (Å²) >= 11 is 0. The highest BCUT2D eigenvalue weighted by Gasteiger charge is 2.37. The molecule has 66 valence electrons. The third-order valence-electron chi connectivity index (χ3n) is 3.05.